The molecule has 0 aliphatic rings. The summed E-state index contributed by atoms with van der Waals surface area (Å²) in [4.78, 5) is 16.2. The van der Waals surface area contributed by atoms with Gasteiger partial charge < -0.3 is 9.63 Å². The fraction of sp³-hybridized carbons (Fsp3) is 0.250. The Morgan fingerprint density at radius 3 is 2.30 bits per heavy atom. The van der Waals surface area contributed by atoms with Gasteiger partial charge in [0.2, 0.25) is 5.82 Å². The number of nitrogens with zero attached hydrogens (tertiary/aromatic N) is 2. The molecule has 192 valence electrons. The molecule has 0 bridgehead atoms. The first-order chi connectivity index (χ1) is 17.5. The second kappa shape index (κ2) is 10.6. The molecule has 1 aromatic heterocycles. The SMILES string of the molecule is Cc1ccc(-c2nc(-c3ccc(CC(CS(=O)(=O)c4ccc(C(C)C)cc4)C(=O)O)cc3F)no2)cc1. The van der Waals surface area contributed by atoms with Crippen LogP contribution >= 0.6 is 0 Å². The highest BCUT2D eigenvalue weighted by Crippen LogP contribution is 2.27. The first-order valence-electron chi connectivity index (χ1n) is 11.8. The number of hydrogen-bond donors (Lipinski definition) is 1. The Kier molecular flexibility index (Phi) is 7.54. The molecule has 7 nitrogen and oxygen atoms in total. The van der Waals surface area contributed by atoms with Crippen molar-refractivity contribution in [1.82, 2.24) is 10.1 Å². The van der Waals surface area contributed by atoms with Crippen LogP contribution in [0.25, 0.3) is 22.8 Å². The molecule has 9 heteroatoms. The molecule has 0 spiro atoms. The van der Waals surface area contributed by atoms with Crippen molar-refractivity contribution in [1.29, 1.82) is 0 Å². The van der Waals surface area contributed by atoms with Crippen LogP contribution in [-0.2, 0) is 21.1 Å². The lowest BCUT2D eigenvalue weighted by atomic mass is 9.99. The van der Waals surface area contributed by atoms with E-state index in [1.54, 1.807) is 18.2 Å². The normalized spacial score (nSPS) is 12.6. The van der Waals surface area contributed by atoms with Crippen molar-refractivity contribution in [2.45, 2.75) is 38.0 Å². The Labute approximate surface area is 214 Å². The number of aryl methyl sites for hydroxylation is 1. The Bertz CT molecular complexity index is 1510. The van der Waals surface area contributed by atoms with Crippen LogP contribution in [0.4, 0.5) is 4.39 Å². The molecule has 1 atom stereocenters. The summed E-state index contributed by atoms with van der Waals surface area (Å²) in [5.74, 6) is -3.24. The summed E-state index contributed by atoms with van der Waals surface area (Å²) in [6, 6.07) is 18.0. The van der Waals surface area contributed by atoms with Crippen LogP contribution in [0.1, 0.15) is 36.5 Å². The van der Waals surface area contributed by atoms with E-state index in [0.29, 0.717) is 11.1 Å². The third-order valence-electron chi connectivity index (χ3n) is 6.16. The number of benzene rings is 3. The molecule has 0 saturated carbocycles. The number of carboxylic acids is 1. The van der Waals surface area contributed by atoms with E-state index in [9.17, 15) is 22.7 Å². The van der Waals surface area contributed by atoms with E-state index in [1.807, 2.05) is 45.0 Å². The van der Waals surface area contributed by atoms with Gasteiger partial charge in [-0.3, -0.25) is 4.79 Å². The van der Waals surface area contributed by atoms with Gasteiger partial charge in [0, 0.05) is 5.56 Å². The zero-order chi connectivity index (χ0) is 26.7. The predicted octanol–water partition coefficient (Wildman–Crippen LogP) is 5.69. The van der Waals surface area contributed by atoms with Crippen molar-refractivity contribution < 1.29 is 27.2 Å². The highest BCUT2D eigenvalue weighted by Gasteiger charge is 2.27. The molecule has 4 aromatic rings. The van der Waals surface area contributed by atoms with E-state index in [0.717, 1.165) is 11.1 Å². The highest BCUT2D eigenvalue weighted by atomic mass is 32.2. The molecule has 0 fully saturated rings. The van der Waals surface area contributed by atoms with Crippen molar-refractivity contribution in [2.75, 3.05) is 5.75 Å². The number of carbonyl (C=O) groups is 1. The van der Waals surface area contributed by atoms with Crippen molar-refractivity contribution in [3.05, 3.63) is 89.2 Å². The second-order valence-corrected chi connectivity index (χ2v) is 11.4. The first kappa shape index (κ1) is 26.2. The average Bonchev–Trinajstić information content (AvgIpc) is 3.34. The van der Waals surface area contributed by atoms with Gasteiger partial charge in [-0.2, -0.15) is 4.98 Å². The monoisotopic (exact) mass is 522 g/mol. The highest BCUT2D eigenvalue weighted by molar-refractivity contribution is 7.91. The maximum absolute atomic E-state index is 15.0. The van der Waals surface area contributed by atoms with Crippen molar-refractivity contribution >= 4 is 15.8 Å². The van der Waals surface area contributed by atoms with Gasteiger partial charge in [-0.15, -0.1) is 0 Å². The molecule has 0 aliphatic heterocycles. The van der Waals surface area contributed by atoms with Gasteiger partial charge >= 0.3 is 5.97 Å². The first-order valence-corrected chi connectivity index (χ1v) is 13.4. The van der Waals surface area contributed by atoms with Gasteiger partial charge in [0.15, 0.2) is 9.84 Å². The van der Waals surface area contributed by atoms with Crippen LogP contribution < -0.4 is 0 Å². The largest absolute Gasteiger partial charge is 0.481 e. The van der Waals surface area contributed by atoms with E-state index in [4.69, 9.17) is 4.52 Å². The Hall–Kier alpha value is -3.85. The Balaban J connectivity index is 1.51. The minimum atomic E-state index is -3.86. The molecule has 0 radical (unpaired) electrons. The Morgan fingerprint density at radius 2 is 1.70 bits per heavy atom. The molecular weight excluding hydrogens is 495 g/mol. The van der Waals surface area contributed by atoms with Gasteiger partial charge in [-0.25, -0.2) is 12.8 Å². The zero-order valence-corrected chi connectivity index (χ0v) is 21.5. The van der Waals surface area contributed by atoms with Gasteiger partial charge in [-0.1, -0.05) is 54.9 Å². The summed E-state index contributed by atoms with van der Waals surface area (Å²) >= 11 is 0. The van der Waals surface area contributed by atoms with Crippen molar-refractivity contribution in [3.63, 3.8) is 0 Å². The minimum absolute atomic E-state index is 0.0573. The standard InChI is InChI=1S/C28H27FN2O5S/c1-17(2)20-9-11-23(12-10-20)37(34,35)16-22(28(32)33)14-19-6-13-24(25(29)15-19)26-30-27(36-31-26)21-7-4-18(3)5-8-21/h4-13,15,17,22H,14,16H2,1-3H3,(H,32,33). The molecule has 0 saturated heterocycles. The summed E-state index contributed by atoms with van der Waals surface area (Å²) in [6.45, 7) is 5.94. The quantitative estimate of drug-likeness (QED) is 0.301. The smallest absolute Gasteiger partial charge is 0.307 e. The Morgan fingerprint density at radius 1 is 1.03 bits per heavy atom. The van der Waals surface area contributed by atoms with Crippen molar-refractivity contribution in [3.8, 4) is 22.8 Å². The van der Waals surface area contributed by atoms with Crippen LogP contribution in [0.2, 0.25) is 0 Å². The average molecular weight is 523 g/mol. The van der Waals surface area contributed by atoms with E-state index < -0.39 is 33.3 Å². The third kappa shape index (κ3) is 6.11. The maximum Gasteiger partial charge on any atom is 0.307 e. The topological polar surface area (TPSA) is 110 Å². The number of hydrogen-bond acceptors (Lipinski definition) is 6. The molecule has 3 aromatic carbocycles. The van der Waals surface area contributed by atoms with E-state index in [1.165, 1.54) is 24.3 Å². The van der Waals surface area contributed by atoms with E-state index in [-0.39, 0.29) is 34.5 Å². The number of aromatic nitrogens is 2. The maximum atomic E-state index is 15.0. The van der Waals surface area contributed by atoms with Gasteiger partial charge in [0.25, 0.3) is 5.89 Å². The predicted molar refractivity (Wildman–Crippen MR) is 137 cm³/mol. The summed E-state index contributed by atoms with van der Waals surface area (Å²) in [5.41, 5.74) is 3.20. The molecule has 1 unspecified atom stereocenters. The fourth-order valence-electron chi connectivity index (χ4n) is 3.94. The van der Waals surface area contributed by atoms with Crippen LogP contribution in [0, 0.1) is 18.7 Å². The number of aliphatic carboxylic acids is 1. The van der Waals surface area contributed by atoms with Crippen molar-refractivity contribution in [2.24, 2.45) is 5.92 Å². The molecule has 1 heterocycles. The van der Waals surface area contributed by atoms with Gasteiger partial charge in [0.05, 0.1) is 22.1 Å². The zero-order valence-electron chi connectivity index (χ0n) is 20.7. The third-order valence-corrected chi connectivity index (χ3v) is 7.99. The van der Waals surface area contributed by atoms with E-state index >= 15 is 0 Å². The number of carboxylic acid groups (broad SMARTS) is 1. The molecule has 4 rings (SSSR count). The molecular formula is C28H27FN2O5S. The molecule has 0 aliphatic carbocycles. The lowest BCUT2D eigenvalue weighted by Gasteiger charge is -2.14. The lowest BCUT2D eigenvalue weighted by Crippen LogP contribution is -2.26. The van der Waals surface area contributed by atoms with Crippen LogP contribution in [0.3, 0.4) is 0 Å². The number of rotatable bonds is 9. The lowest BCUT2D eigenvalue weighted by molar-refractivity contribution is -0.140. The minimum Gasteiger partial charge on any atom is -0.481 e. The van der Waals surface area contributed by atoms with Gasteiger partial charge in [0.1, 0.15) is 5.82 Å². The number of halogens is 1. The summed E-state index contributed by atoms with van der Waals surface area (Å²) in [7, 11) is -3.86. The summed E-state index contributed by atoms with van der Waals surface area (Å²) in [5, 5.41) is 13.6. The van der Waals surface area contributed by atoms with Crippen LogP contribution in [0.15, 0.2) is 76.1 Å². The molecule has 0 amide bonds. The van der Waals surface area contributed by atoms with Gasteiger partial charge in [-0.05, 0) is 66.8 Å². The number of sulfone groups is 1. The van der Waals surface area contributed by atoms with Crippen LogP contribution in [0.5, 0.6) is 0 Å². The van der Waals surface area contributed by atoms with Crippen LogP contribution in [-0.4, -0.2) is 35.4 Å². The molecule has 1 N–H and O–H groups in total. The second-order valence-electron chi connectivity index (χ2n) is 9.35. The molecule has 37 heavy (non-hydrogen) atoms. The fourth-order valence-corrected chi connectivity index (χ4v) is 5.47. The summed E-state index contributed by atoms with van der Waals surface area (Å²) in [6.07, 6.45) is -0.156. The van der Waals surface area contributed by atoms with E-state index in [2.05, 4.69) is 10.1 Å². The summed E-state index contributed by atoms with van der Waals surface area (Å²) < 4.78 is 46.0.